The van der Waals surface area contributed by atoms with Gasteiger partial charge >= 0.3 is 0 Å². The molecule has 0 amide bonds. The molecule has 0 spiro atoms. The van der Waals surface area contributed by atoms with Gasteiger partial charge in [0.05, 0.1) is 7.11 Å². The summed E-state index contributed by atoms with van der Waals surface area (Å²) < 4.78 is 22.0. The van der Waals surface area contributed by atoms with Crippen molar-refractivity contribution in [3.05, 3.63) is 48.0 Å². The Morgan fingerprint density at radius 3 is 2.65 bits per heavy atom. The zero-order valence-electron chi connectivity index (χ0n) is 14.9. The molecule has 0 aliphatic rings. The van der Waals surface area contributed by atoms with Gasteiger partial charge in [0, 0.05) is 12.5 Å². The summed E-state index contributed by atoms with van der Waals surface area (Å²) in [5, 5.41) is 7.11. The molecule has 3 rings (SSSR count). The number of furan rings is 1. The van der Waals surface area contributed by atoms with E-state index in [1.54, 1.807) is 13.2 Å². The summed E-state index contributed by atoms with van der Waals surface area (Å²) in [5.74, 6) is 3.51. The van der Waals surface area contributed by atoms with Crippen LogP contribution < -0.4 is 14.8 Å². The van der Waals surface area contributed by atoms with E-state index in [2.05, 4.69) is 22.4 Å². The summed E-state index contributed by atoms with van der Waals surface area (Å²) >= 11 is 0. The molecule has 0 fully saturated rings. The number of benzene rings is 1. The van der Waals surface area contributed by atoms with Gasteiger partial charge in [0.2, 0.25) is 0 Å². The summed E-state index contributed by atoms with van der Waals surface area (Å²) in [6, 6.07) is 11.3. The monoisotopic (exact) mass is 379 g/mol. The minimum Gasteiger partial charge on any atom is -0.493 e. The molecule has 140 valence electrons. The molecule has 3 aromatic rings. The molecule has 1 N–H and O–H groups in total. The number of ether oxygens (including phenoxy) is 2. The first-order chi connectivity index (χ1) is 12.2. The summed E-state index contributed by atoms with van der Waals surface area (Å²) in [5.41, 5.74) is 0. The first-order valence-electron chi connectivity index (χ1n) is 8.04. The number of nitrogens with zero attached hydrogens (tertiary/aromatic N) is 2. The summed E-state index contributed by atoms with van der Waals surface area (Å²) in [4.78, 5) is 4.36. The average Bonchev–Trinajstić information content (AvgIpc) is 3.29. The topological polar surface area (TPSA) is 82.6 Å². The number of aromatic nitrogens is 2. The third kappa shape index (κ3) is 4.77. The van der Waals surface area contributed by atoms with E-state index >= 15 is 0 Å². The highest BCUT2D eigenvalue weighted by Crippen LogP contribution is 2.27. The van der Waals surface area contributed by atoms with Crippen LogP contribution in [0, 0.1) is 0 Å². The van der Waals surface area contributed by atoms with Crippen LogP contribution in [0.5, 0.6) is 11.5 Å². The quantitative estimate of drug-likeness (QED) is 0.641. The zero-order chi connectivity index (χ0) is 17.6. The fourth-order valence-corrected chi connectivity index (χ4v) is 2.27. The maximum atomic E-state index is 5.74. The number of halogens is 1. The molecular formula is C18H22ClN3O4. The molecular weight excluding hydrogens is 358 g/mol. The van der Waals surface area contributed by atoms with Crippen LogP contribution in [0.3, 0.4) is 0 Å². The van der Waals surface area contributed by atoms with Crippen LogP contribution in [0.25, 0.3) is 11.7 Å². The largest absolute Gasteiger partial charge is 0.493 e. The number of likely N-dealkylation sites (N-methyl/N-ethyl adjacent to an activating group) is 1. The van der Waals surface area contributed by atoms with E-state index in [9.17, 15) is 0 Å². The molecule has 0 saturated heterocycles. The Balaban J connectivity index is 0.00000243. The minimum absolute atomic E-state index is 0. The number of rotatable bonds is 8. The molecule has 0 saturated carbocycles. The van der Waals surface area contributed by atoms with Gasteiger partial charge in [-0.3, -0.25) is 0 Å². The van der Waals surface area contributed by atoms with Gasteiger partial charge in [-0.05, 0) is 38.2 Å². The molecule has 26 heavy (non-hydrogen) atoms. The van der Waals surface area contributed by atoms with Crippen molar-refractivity contribution in [2.24, 2.45) is 0 Å². The Labute approximate surface area is 158 Å². The maximum absolute atomic E-state index is 5.74. The van der Waals surface area contributed by atoms with Crippen molar-refractivity contribution in [3.63, 3.8) is 0 Å². The molecule has 2 aromatic heterocycles. The van der Waals surface area contributed by atoms with Gasteiger partial charge < -0.3 is 23.7 Å². The lowest BCUT2D eigenvalue weighted by molar-refractivity contribution is 0.256. The molecule has 1 atom stereocenters. The molecule has 1 unspecified atom stereocenters. The van der Waals surface area contributed by atoms with Crippen LogP contribution in [-0.4, -0.2) is 30.3 Å². The van der Waals surface area contributed by atoms with E-state index in [1.165, 1.54) is 0 Å². The van der Waals surface area contributed by atoms with Gasteiger partial charge in [-0.25, -0.2) is 0 Å². The first kappa shape index (κ1) is 19.8. The predicted octanol–water partition coefficient (Wildman–Crippen LogP) is 3.49. The second-order valence-corrected chi connectivity index (χ2v) is 5.62. The Kier molecular flexibility index (Phi) is 7.06. The molecule has 7 nitrogen and oxygen atoms in total. The third-order valence-corrected chi connectivity index (χ3v) is 3.76. The van der Waals surface area contributed by atoms with Crippen LogP contribution in [0.4, 0.5) is 0 Å². The molecule has 0 aliphatic heterocycles. The highest BCUT2D eigenvalue weighted by atomic mass is 35.5. The van der Waals surface area contributed by atoms with E-state index in [0.29, 0.717) is 41.2 Å². The number of nitrogens with one attached hydrogen (secondary N) is 1. The number of para-hydroxylation sites is 2. The van der Waals surface area contributed by atoms with Crippen LogP contribution in [0.1, 0.15) is 18.5 Å². The van der Waals surface area contributed by atoms with Crippen molar-refractivity contribution >= 4 is 12.4 Å². The molecule has 1 aromatic carbocycles. The SMILES string of the molecule is CNC(C)Cc1noc(-c2ccc(COc3ccccc3OC)o2)n1.Cl. The summed E-state index contributed by atoms with van der Waals surface area (Å²) in [6.07, 6.45) is 0.685. The van der Waals surface area contributed by atoms with Gasteiger partial charge in [-0.2, -0.15) is 4.98 Å². The molecule has 0 radical (unpaired) electrons. The van der Waals surface area contributed by atoms with Gasteiger partial charge in [0.25, 0.3) is 5.89 Å². The van der Waals surface area contributed by atoms with Crippen LogP contribution in [0.2, 0.25) is 0 Å². The van der Waals surface area contributed by atoms with E-state index in [0.717, 1.165) is 0 Å². The normalized spacial score (nSPS) is 11.7. The van der Waals surface area contributed by atoms with Crippen molar-refractivity contribution in [1.82, 2.24) is 15.5 Å². The lowest BCUT2D eigenvalue weighted by atomic mass is 10.2. The highest BCUT2D eigenvalue weighted by Gasteiger charge is 2.15. The lowest BCUT2D eigenvalue weighted by Crippen LogP contribution is -2.24. The van der Waals surface area contributed by atoms with Crippen LogP contribution >= 0.6 is 12.4 Å². The Morgan fingerprint density at radius 1 is 1.15 bits per heavy atom. The molecule has 8 heteroatoms. The zero-order valence-corrected chi connectivity index (χ0v) is 15.7. The summed E-state index contributed by atoms with van der Waals surface area (Å²) in [6.45, 7) is 2.33. The van der Waals surface area contributed by atoms with E-state index in [4.69, 9.17) is 18.4 Å². The fourth-order valence-electron chi connectivity index (χ4n) is 2.27. The number of hydrogen-bond acceptors (Lipinski definition) is 7. The van der Waals surface area contributed by atoms with E-state index < -0.39 is 0 Å². The van der Waals surface area contributed by atoms with Crippen LogP contribution in [0.15, 0.2) is 45.3 Å². The number of methoxy groups -OCH3 is 1. The van der Waals surface area contributed by atoms with Gasteiger partial charge in [0.15, 0.2) is 23.1 Å². The number of hydrogen-bond donors (Lipinski definition) is 1. The third-order valence-electron chi connectivity index (χ3n) is 3.76. The van der Waals surface area contributed by atoms with Crippen molar-refractivity contribution in [3.8, 4) is 23.1 Å². The Hall–Kier alpha value is -2.51. The molecule has 2 heterocycles. The van der Waals surface area contributed by atoms with Gasteiger partial charge in [-0.15, -0.1) is 12.4 Å². The smallest absolute Gasteiger partial charge is 0.293 e. The Morgan fingerprint density at radius 2 is 1.92 bits per heavy atom. The Bertz CT molecular complexity index is 818. The maximum Gasteiger partial charge on any atom is 0.293 e. The van der Waals surface area contributed by atoms with Crippen molar-refractivity contribution in [2.45, 2.75) is 26.0 Å². The first-order valence-corrected chi connectivity index (χ1v) is 8.04. The minimum atomic E-state index is 0. The van der Waals surface area contributed by atoms with E-state index in [1.807, 2.05) is 37.4 Å². The van der Waals surface area contributed by atoms with Gasteiger partial charge in [0.1, 0.15) is 12.4 Å². The average molecular weight is 380 g/mol. The van der Waals surface area contributed by atoms with Crippen molar-refractivity contribution in [1.29, 1.82) is 0 Å². The molecule has 0 bridgehead atoms. The second kappa shape index (κ2) is 9.26. The van der Waals surface area contributed by atoms with Crippen molar-refractivity contribution < 1.29 is 18.4 Å². The second-order valence-electron chi connectivity index (χ2n) is 5.62. The van der Waals surface area contributed by atoms with Crippen LogP contribution in [-0.2, 0) is 13.0 Å². The van der Waals surface area contributed by atoms with E-state index in [-0.39, 0.29) is 25.1 Å². The predicted molar refractivity (Wildman–Crippen MR) is 98.8 cm³/mol. The molecule has 0 aliphatic carbocycles. The summed E-state index contributed by atoms with van der Waals surface area (Å²) in [7, 11) is 3.50. The van der Waals surface area contributed by atoms with Gasteiger partial charge in [-0.1, -0.05) is 17.3 Å². The lowest BCUT2D eigenvalue weighted by Gasteiger charge is -2.08. The highest BCUT2D eigenvalue weighted by molar-refractivity contribution is 5.85. The fraction of sp³-hybridized carbons (Fsp3) is 0.333. The van der Waals surface area contributed by atoms with Crippen molar-refractivity contribution in [2.75, 3.05) is 14.2 Å². The standard InChI is InChI=1S/C18H21N3O4.ClH/c1-12(19-2)10-17-20-18(25-21-17)16-9-8-13(24-16)11-23-15-7-5-4-6-14(15)22-3;/h4-9,12,19H,10-11H2,1-3H3;1H.